The minimum atomic E-state index is -0.319. The molecule has 0 aromatic heterocycles. The third-order valence-corrected chi connectivity index (χ3v) is 3.37. The molecule has 0 saturated carbocycles. The van der Waals surface area contributed by atoms with Crippen LogP contribution in [0.1, 0.15) is 38.8 Å². The normalized spacial score (nSPS) is 18.5. The second kappa shape index (κ2) is 6.24. The van der Waals surface area contributed by atoms with Gasteiger partial charge in [-0.3, -0.25) is 4.79 Å². The topological polar surface area (TPSA) is 70.6 Å². The number of aliphatic hydroxyl groups is 1. The predicted molar refractivity (Wildman–Crippen MR) is 77.9 cm³/mol. The number of anilines is 1. The van der Waals surface area contributed by atoms with Gasteiger partial charge in [-0.1, -0.05) is 6.07 Å². The summed E-state index contributed by atoms with van der Waals surface area (Å²) in [6.45, 7) is 5.97. The third kappa shape index (κ3) is 3.71. The second-order valence-electron chi connectivity index (χ2n) is 5.47. The molecule has 3 atom stereocenters. The van der Waals surface area contributed by atoms with Gasteiger partial charge in [0.2, 0.25) is 0 Å². The van der Waals surface area contributed by atoms with Crippen molar-refractivity contribution < 1.29 is 14.6 Å². The van der Waals surface area contributed by atoms with Crippen LogP contribution in [0, 0.1) is 0 Å². The average molecular weight is 278 g/mol. The summed E-state index contributed by atoms with van der Waals surface area (Å²) >= 11 is 0. The molecule has 0 radical (unpaired) electrons. The summed E-state index contributed by atoms with van der Waals surface area (Å²) in [6, 6.07) is 6.14. The fraction of sp³-hybridized carbons (Fsp3) is 0.533. The van der Waals surface area contributed by atoms with Crippen molar-refractivity contribution in [2.24, 2.45) is 0 Å². The van der Waals surface area contributed by atoms with Crippen LogP contribution in [0.25, 0.3) is 0 Å². The number of fused-ring (bicyclic) bond motifs is 1. The predicted octanol–water partition coefficient (Wildman–Crippen LogP) is 1.83. The molecule has 1 aromatic carbocycles. The molecule has 0 saturated heterocycles. The Morgan fingerprint density at radius 1 is 1.40 bits per heavy atom. The molecule has 5 nitrogen and oxygen atoms in total. The summed E-state index contributed by atoms with van der Waals surface area (Å²) in [6.07, 6.45) is 0.385. The highest BCUT2D eigenvalue weighted by molar-refractivity contribution is 5.95. The SMILES string of the molecule is CC(O)CC(C)NC(C)c1ccc2c(c1)NC(=O)CO2. The van der Waals surface area contributed by atoms with Gasteiger partial charge in [-0.25, -0.2) is 0 Å². The van der Waals surface area contributed by atoms with E-state index >= 15 is 0 Å². The lowest BCUT2D eigenvalue weighted by Crippen LogP contribution is -2.31. The van der Waals surface area contributed by atoms with Gasteiger partial charge in [0.25, 0.3) is 5.91 Å². The van der Waals surface area contributed by atoms with Crippen LogP contribution in [0.2, 0.25) is 0 Å². The lowest BCUT2D eigenvalue weighted by molar-refractivity contribution is -0.118. The van der Waals surface area contributed by atoms with Gasteiger partial charge in [-0.05, 0) is 44.9 Å². The minimum Gasteiger partial charge on any atom is -0.482 e. The molecule has 0 fully saturated rings. The first-order valence-electron chi connectivity index (χ1n) is 6.96. The molecule has 3 N–H and O–H groups in total. The van der Waals surface area contributed by atoms with Crippen molar-refractivity contribution >= 4 is 11.6 Å². The zero-order chi connectivity index (χ0) is 14.7. The number of benzene rings is 1. The Kier molecular flexibility index (Phi) is 4.62. The molecule has 2 rings (SSSR count). The maximum atomic E-state index is 11.3. The van der Waals surface area contributed by atoms with E-state index in [-0.39, 0.29) is 30.7 Å². The Balaban J connectivity index is 2.05. The van der Waals surface area contributed by atoms with E-state index in [4.69, 9.17) is 4.74 Å². The summed E-state index contributed by atoms with van der Waals surface area (Å²) in [4.78, 5) is 11.3. The van der Waals surface area contributed by atoms with Crippen molar-refractivity contribution in [1.82, 2.24) is 5.32 Å². The van der Waals surface area contributed by atoms with Crippen LogP contribution in [0.4, 0.5) is 5.69 Å². The molecule has 1 aromatic rings. The van der Waals surface area contributed by atoms with Gasteiger partial charge in [0.05, 0.1) is 11.8 Å². The van der Waals surface area contributed by atoms with Crippen LogP contribution in [0.15, 0.2) is 18.2 Å². The highest BCUT2D eigenvalue weighted by Gasteiger charge is 2.18. The number of rotatable bonds is 5. The van der Waals surface area contributed by atoms with Crippen molar-refractivity contribution in [2.75, 3.05) is 11.9 Å². The third-order valence-electron chi connectivity index (χ3n) is 3.37. The lowest BCUT2D eigenvalue weighted by atomic mass is 10.0. The van der Waals surface area contributed by atoms with E-state index in [1.165, 1.54) is 0 Å². The molecule has 1 aliphatic rings. The largest absolute Gasteiger partial charge is 0.482 e. The molecule has 0 bridgehead atoms. The molecular weight excluding hydrogens is 256 g/mol. The quantitative estimate of drug-likeness (QED) is 0.768. The number of amides is 1. The number of carbonyl (C=O) groups excluding carboxylic acids is 1. The van der Waals surface area contributed by atoms with Crippen molar-refractivity contribution in [3.05, 3.63) is 23.8 Å². The highest BCUT2D eigenvalue weighted by Crippen LogP contribution is 2.30. The van der Waals surface area contributed by atoms with E-state index in [1.54, 1.807) is 6.92 Å². The summed E-state index contributed by atoms with van der Waals surface area (Å²) in [7, 11) is 0. The summed E-state index contributed by atoms with van der Waals surface area (Å²) in [5.41, 5.74) is 1.79. The van der Waals surface area contributed by atoms with Crippen molar-refractivity contribution in [3.8, 4) is 5.75 Å². The fourth-order valence-electron chi connectivity index (χ4n) is 2.47. The maximum absolute atomic E-state index is 11.3. The molecular formula is C15H22N2O3. The lowest BCUT2D eigenvalue weighted by Gasteiger charge is -2.23. The first kappa shape index (κ1) is 14.8. The van der Waals surface area contributed by atoms with E-state index in [0.29, 0.717) is 12.2 Å². The van der Waals surface area contributed by atoms with Crippen LogP contribution in [-0.4, -0.2) is 29.8 Å². The van der Waals surface area contributed by atoms with Crippen molar-refractivity contribution in [1.29, 1.82) is 0 Å². The maximum Gasteiger partial charge on any atom is 0.262 e. The van der Waals surface area contributed by atoms with Gasteiger partial charge in [0.1, 0.15) is 5.75 Å². The number of aliphatic hydroxyl groups excluding tert-OH is 1. The first-order chi connectivity index (χ1) is 9.45. The number of ether oxygens (including phenoxy) is 1. The summed E-state index contributed by atoms with van der Waals surface area (Å²) < 4.78 is 5.34. The van der Waals surface area contributed by atoms with Crippen LogP contribution in [-0.2, 0) is 4.79 Å². The van der Waals surface area contributed by atoms with Crippen LogP contribution >= 0.6 is 0 Å². The molecule has 0 aliphatic carbocycles. The molecule has 20 heavy (non-hydrogen) atoms. The van der Waals surface area contributed by atoms with Gasteiger partial charge in [-0.15, -0.1) is 0 Å². The molecule has 1 amide bonds. The monoisotopic (exact) mass is 278 g/mol. The van der Waals surface area contributed by atoms with E-state index in [9.17, 15) is 9.90 Å². The standard InChI is InChI=1S/C15H22N2O3/c1-9(6-10(2)18)16-11(3)12-4-5-14-13(7-12)17-15(19)8-20-14/h4-5,7,9-11,16,18H,6,8H2,1-3H3,(H,17,19). The van der Waals surface area contributed by atoms with Gasteiger partial charge in [-0.2, -0.15) is 0 Å². The smallest absolute Gasteiger partial charge is 0.262 e. The first-order valence-corrected chi connectivity index (χ1v) is 6.96. The van der Waals surface area contributed by atoms with Crippen LogP contribution < -0.4 is 15.4 Å². The Morgan fingerprint density at radius 3 is 2.85 bits per heavy atom. The number of nitrogens with one attached hydrogen (secondary N) is 2. The van der Waals surface area contributed by atoms with E-state index in [2.05, 4.69) is 17.6 Å². The Morgan fingerprint density at radius 2 is 2.15 bits per heavy atom. The number of hydrogen-bond acceptors (Lipinski definition) is 4. The van der Waals surface area contributed by atoms with Crippen molar-refractivity contribution in [3.63, 3.8) is 0 Å². The fourth-order valence-corrected chi connectivity index (χ4v) is 2.47. The Labute approximate surface area is 119 Å². The van der Waals surface area contributed by atoms with E-state index < -0.39 is 0 Å². The summed E-state index contributed by atoms with van der Waals surface area (Å²) in [5, 5.41) is 15.6. The molecule has 3 unspecified atom stereocenters. The van der Waals surface area contributed by atoms with Gasteiger partial charge in [0, 0.05) is 12.1 Å². The molecule has 1 aliphatic heterocycles. The highest BCUT2D eigenvalue weighted by atomic mass is 16.5. The zero-order valence-electron chi connectivity index (χ0n) is 12.1. The summed E-state index contributed by atoms with van der Waals surface area (Å²) in [5.74, 6) is 0.579. The Hall–Kier alpha value is -1.59. The van der Waals surface area contributed by atoms with Gasteiger partial charge < -0.3 is 20.5 Å². The number of hydrogen-bond donors (Lipinski definition) is 3. The van der Waals surface area contributed by atoms with E-state index in [1.807, 2.05) is 25.1 Å². The van der Waals surface area contributed by atoms with Crippen LogP contribution in [0.5, 0.6) is 5.75 Å². The van der Waals surface area contributed by atoms with Gasteiger partial charge >= 0.3 is 0 Å². The second-order valence-corrected chi connectivity index (χ2v) is 5.47. The van der Waals surface area contributed by atoms with Crippen LogP contribution in [0.3, 0.4) is 0 Å². The molecule has 110 valence electrons. The van der Waals surface area contributed by atoms with Crippen molar-refractivity contribution in [2.45, 2.75) is 45.4 Å². The van der Waals surface area contributed by atoms with E-state index in [0.717, 1.165) is 11.3 Å². The average Bonchev–Trinajstić information content (AvgIpc) is 2.36. The molecule has 0 spiro atoms. The molecule has 1 heterocycles. The molecule has 5 heteroatoms. The van der Waals surface area contributed by atoms with Gasteiger partial charge in [0.15, 0.2) is 6.61 Å². The minimum absolute atomic E-state index is 0.0750. The number of carbonyl (C=O) groups is 1. The Bertz CT molecular complexity index is 488. The zero-order valence-corrected chi connectivity index (χ0v) is 12.1.